The quantitative estimate of drug-likeness (QED) is 0.767. The Hall–Kier alpha value is -2.89. The molecule has 0 radical (unpaired) electrons. The third kappa shape index (κ3) is 3.86. The second kappa shape index (κ2) is 8.00. The van der Waals surface area contributed by atoms with E-state index < -0.39 is 0 Å². The molecule has 2 amide bonds. The Morgan fingerprint density at radius 2 is 1.43 bits per heavy atom. The molecule has 5 nitrogen and oxygen atoms in total. The van der Waals surface area contributed by atoms with Gasteiger partial charge < -0.3 is 14.7 Å². The minimum absolute atomic E-state index is 0.0954. The summed E-state index contributed by atoms with van der Waals surface area (Å²) in [6, 6.07) is 14.8. The van der Waals surface area contributed by atoms with Gasteiger partial charge in [0.2, 0.25) is 11.8 Å². The number of rotatable bonds is 3. The highest BCUT2D eigenvalue weighted by Crippen LogP contribution is 2.21. The van der Waals surface area contributed by atoms with E-state index >= 15 is 0 Å². The fourth-order valence-corrected chi connectivity index (χ4v) is 3.97. The van der Waals surface area contributed by atoms with E-state index in [9.17, 15) is 14.0 Å². The minimum atomic E-state index is -0.247. The van der Waals surface area contributed by atoms with Crippen molar-refractivity contribution in [2.24, 2.45) is 0 Å². The lowest BCUT2D eigenvalue weighted by Gasteiger charge is -2.36. The Balaban J connectivity index is 1.30. The van der Waals surface area contributed by atoms with Crippen molar-refractivity contribution in [1.82, 2.24) is 9.80 Å². The van der Waals surface area contributed by atoms with Crippen LogP contribution in [0.1, 0.15) is 17.5 Å². The summed E-state index contributed by atoms with van der Waals surface area (Å²) in [5, 5.41) is 0. The molecule has 2 aliphatic heterocycles. The summed E-state index contributed by atoms with van der Waals surface area (Å²) >= 11 is 0. The predicted molar refractivity (Wildman–Crippen MR) is 105 cm³/mol. The Bertz CT molecular complexity index is 878. The lowest BCUT2D eigenvalue weighted by molar-refractivity contribution is -0.141. The van der Waals surface area contributed by atoms with Crippen LogP contribution in [-0.4, -0.2) is 54.3 Å². The number of piperazine rings is 1. The van der Waals surface area contributed by atoms with Gasteiger partial charge in [-0.25, -0.2) is 4.39 Å². The Morgan fingerprint density at radius 3 is 2.18 bits per heavy atom. The normalized spacial score (nSPS) is 16.7. The number of carbonyl (C=O) groups excluding carboxylic acids is 2. The van der Waals surface area contributed by atoms with Crippen LogP contribution in [0.2, 0.25) is 0 Å². The molecule has 6 heteroatoms. The number of fused-ring (bicyclic) bond motifs is 1. The largest absolute Gasteiger partial charge is 0.366 e. The number of para-hydroxylation sites is 1. The highest BCUT2D eigenvalue weighted by atomic mass is 19.1. The van der Waals surface area contributed by atoms with Crippen LogP contribution < -0.4 is 4.90 Å². The van der Waals surface area contributed by atoms with Crippen molar-refractivity contribution in [3.63, 3.8) is 0 Å². The predicted octanol–water partition coefficient (Wildman–Crippen LogP) is 2.45. The van der Waals surface area contributed by atoms with Crippen molar-refractivity contribution >= 4 is 17.5 Å². The van der Waals surface area contributed by atoms with E-state index in [0.29, 0.717) is 45.0 Å². The van der Waals surface area contributed by atoms with Gasteiger partial charge in [0.05, 0.1) is 5.69 Å². The molecular formula is C22H24FN3O2. The maximum Gasteiger partial charge on any atom is 0.232 e. The molecule has 0 N–H and O–H groups in total. The molecule has 2 aromatic carbocycles. The first-order chi connectivity index (χ1) is 13.6. The standard InChI is InChI=1S/C22H24FN3O2/c23-19-7-3-4-8-20(19)24-11-13-25(14-12-24)21(27)15-22(28)26-10-9-17-5-1-2-6-18(17)16-26/h1-8H,9-16H2. The smallest absolute Gasteiger partial charge is 0.232 e. The zero-order valence-corrected chi connectivity index (χ0v) is 15.8. The van der Waals surface area contributed by atoms with E-state index in [0.717, 1.165) is 12.0 Å². The van der Waals surface area contributed by atoms with Crippen LogP contribution in [0.4, 0.5) is 10.1 Å². The zero-order chi connectivity index (χ0) is 19.5. The van der Waals surface area contributed by atoms with Gasteiger partial charge in [0, 0.05) is 39.3 Å². The summed E-state index contributed by atoms with van der Waals surface area (Å²) < 4.78 is 13.9. The van der Waals surface area contributed by atoms with Gasteiger partial charge in [0.15, 0.2) is 0 Å². The Labute approximate surface area is 164 Å². The lowest BCUT2D eigenvalue weighted by atomic mass is 10.00. The number of halogens is 1. The third-order valence-corrected chi connectivity index (χ3v) is 5.61. The van der Waals surface area contributed by atoms with Crippen LogP contribution in [-0.2, 0) is 22.6 Å². The molecule has 0 aliphatic carbocycles. The molecule has 2 heterocycles. The topological polar surface area (TPSA) is 43.9 Å². The van der Waals surface area contributed by atoms with Gasteiger partial charge in [0.1, 0.15) is 12.2 Å². The summed E-state index contributed by atoms with van der Waals surface area (Å²) in [6.45, 7) is 3.37. The molecule has 146 valence electrons. The average Bonchev–Trinajstić information content (AvgIpc) is 2.74. The highest BCUT2D eigenvalue weighted by molar-refractivity contribution is 5.97. The first-order valence-electron chi connectivity index (χ1n) is 9.73. The molecule has 0 atom stereocenters. The van der Waals surface area contributed by atoms with Crippen molar-refractivity contribution in [3.05, 3.63) is 65.5 Å². The van der Waals surface area contributed by atoms with Crippen LogP contribution in [0.5, 0.6) is 0 Å². The van der Waals surface area contributed by atoms with E-state index in [4.69, 9.17) is 0 Å². The van der Waals surface area contributed by atoms with Crippen LogP contribution in [0.25, 0.3) is 0 Å². The monoisotopic (exact) mass is 381 g/mol. The maximum atomic E-state index is 13.9. The SMILES string of the molecule is O=C(CC(=O)N1CCc2ccccc2C1)N1CCN(c2ccccc2F)CC1. The van der Waals surface area contributed by atoms with E-state index in [1.165, 1.54) is 11.6 Å². The molecule has 0 aromatic heterocycles. The molecule has 2 aromatic rings. The molecule has 2 aliphatic rings. The fraction of sp³-hybridized carbons (Fsp3) is 0.364. The molecular weight excluding hydrogens is 357 g/mol. The van der Waals surface area contributed by atoms with E-state index in [-0.39, 0.29) is 24.1 Å². The molecule has 28 heavy (non-hydrogen) atoms. The van der Waals surface area contributed by atoms with Gasteiger partial charge in [-0.05, 0) is 29.7 Å². The summed E-state index contributed by atoms with van der Waals surface area (Å²) in [5.41, 5.74) is 3.01. The van der Waals surface area contributed by atoms with Gasteiger partial charge in [-0.3, -0.25) is 9.59 Å². The second-order valence-electron chi connectivity index (χ2n) is 7.33. The highest BCUT2D eigenvalue weighted by Gasteiger charge is 2.27. The third-order valence-electron chi connectivity index (χ3n) is 5.61. The van der Waals surface area contributed by atoms with Gasteiger partial charge >= 0.3 is 0 Å². The fourth-order valence-electron chi connectivity index (χ4n) is 3.97. The lowest BCUT2D eigenvalue weighted by Crippen LogP contribution is -2.50. The summed E-state index contributed by atoms with van der Waals surface area (Å²) in [6.07, 6.45) is 0.735. The van der Waals surface area contributed by atoms with Crippen molar-refractivity contribution in [3.8, 4) is 0 Å². The zero-order valence-electron chi connectivity index (χ0n) is 15.8. The van der Waals surface area contributed by atoms with Gasteiger partial charge in [0.25, 0.3) is 0 Å². The van der Waals surface area contributed by atoms with Gasteiger partial charge in [-0.2, -0.15) is 0 Å². The second-order valence-corrected chi connectivity index (χ2v) is 7.33. The van der Waals surface area contributed by atoms with Crippen molar-refractivity contribution in [1.29, 1.82) is 0 Å². The number of benzene rings is 2. The Morgan fingerprint density at radius 1 is 0.786 bits per heavy atom. The number of anilines is 1. The first kappa shape index (κ1) is 18.5. The van der Waals surface area contributed by atoms with Crippen LogP contribution in [0, 0.1) is 5.82 Å². The number of carbonyl (C=O) groups is 2. The van der Waals surface area contributed by atoms with Crippen LogP contribution >= 0.6 is 0 Å². The van der Waals surface area contributed by atoms with Gasteiger partial charge in [-0.15, -0.1) is 0 Å². The number of nitrogens with zero attached hydrogens (tertiary/aromatic N) is 3. The molecule has 0 saturated carbocycles. The van der Waals surface area contributed by atoms with E-state index in [1.54, 1.807) is 21.9 Å². The average molecular weight is 381 g/mol. The van der Waals surface area contributed by atoms with E-state index in [2.05, 4.69) is 6.07 Å². The molecule has 0 bridgehead atoms. The molecule has 0 unspecified atom stereocenters. The molecule has 1 fully saturated rings. The first-order valence-corrected chi connectivity index (χ1v) is 9.73. The molecule has 4 rings (SSSR count). The van der Waals surface area contributed by atoms with Crippen molar-refractivity contribution in [2.45, 2.75) is 19.4 Å². The maximum absolute atomic E-state index is 13.9. The molecule has 1 saturated heterocycles. The van der Waals surface area contributed by atoms with E-state index in [1.807, 2.05) is 29.2 Å². The summed E-state index contributed by atoms with van der Waals surface area (Å²) in [4.78, 5) is 30.6. The number of amides is 2. The Kier molecular flexibility index (Phi) is 5.28. The van der Waals surface area contributed by atoms with Crippen LogP contribution in [0.15, 0.2) is 48.5 Å². The van der Waals surface area contributed by atoms with Crippen molar-refractivity contribution < 1.29 is 14.0 Å². The van der Waals surface area contributed by atoms with Crippen LogP contribution in [0.3, 0.4) is 0 Å². The number of hydrogen-bond donors (Lipinski definition) is 0. The molecule has 0 spiro atoms. The summed E-state index contributed by atoms with van der Waals surface area (Å²) in [5.74, 6) is -0.504. The summed E-state index contributed by atoms with van der Waals surface area (Å²) in [7, 11) is 0. The van der Waals surface area contributed by atoms with Gasteiger partial charge in [-0.1, -0.05) is 36.4 Å². The minimum Gasteiger partial charge on any atom is -0.366 e. The van der Waals surface area contributed by atoms with Crippen molar-refractivity contribution in [2.75, 3.05) is 37.6 Å². The number of hydrogen-bond acceptors (Lipinski definition) is 3.